The summed E-state index contributed by atoms with van der Waals surface area (Å²) in [6.07, 6.45) is -2.44. The highest BCUT2D eigenvalue weighted by atomic mass is 127. The topological polar surface area (TPSA) is 58.6 Å². The molecule has 10 heteroatoms. The Labute approximate surface area is 188 Å². The summed E-state index contributed by atoms with van der Waals surface area (Å²) in [5.74, 6) is 2.38. The third-order valence-electron chi connectivity index (χ3n) is 4.52. The van der Waals surface area contributed by atoms with Crippen LogP contribution in [0.1, 0.15) is 12.5 Å². The largest absolute Gasteiger partial charge is 0.493 e. The third kappa shape index (κ3) is 7.32. The molecule has 0 aliphatic carbocycles. The van der Waals surface area contributed by atoms with E-state index < -0.39 is 13.0 Å². The van der Waals surface area contributed by atoms with Crippen molar-refractivity contribution in [1.29, 1.82) is 0 Å². The summed E-state index contributed by atoms with van der Waals surface area (Å²) in [5, 5.41) is 3.09. The van der Waals surface area contributed by atoms with E-state index in [4.69, 9.17) is 14.2 Å². The normalized spacial score (nSPS) is 15.1. The second kappa shape index (κ2) is 12.9. The first-order valence-corrected chi connectivity index (χ1v) is 9.35. The van der Waals surface area contributed by atoms with E-state index in [-0.39, 0.29) is 24.0 Å². The summed E-state index contributed by atoms with van der Waals surface area (Å²) >= 11 is 0. The van der Waals surface area contributed by atoms with Crippen LogP contribution >= 0.6 is 24.0 Å². The van der Waals surface area contributed by atoms with Crippen LogP contribution in [0.15, 0.2) is 17.1 Å². The number of aliphatic imine (C=N–C) groups is 1. The molecule has 1 fully saturated rings. The van der Waals surface area contributed by atoms with Gasteiger partial charge in [0.1, 0.15) is 6.54 Å². The van der Waals surface area contributed by atoms with E-state index in [1.54, 1.807) is 21.3 Å². The van der Waals surface area contributed by atoms with Crippen LogP contribution in [0.5, 0.6) is 17.2 Å². The van der Waals surface area contributed by atoms with E-state index in [0.29, 0.717) is 29.8 Å². The molecule has 1 aromatic rings. The highest BCUT2D eigenvalue weighted by Crippen LogP contribution is 2.38. The van der Waals surface area contributed by atoms with Gasteiger partial charge >= 0.3 is 0 Å². The predicted octanol–water partition coefficient (Wildman–Crippen LogP) is 2.68. The average molecular weight is 528 g/mol. The van der Waals surface area contributed by atoms with E-state index in [0.717, 1.165) is 38.3 Å². The van der Waals surface area contributed by atoms with E-state index >= 15 is 0 Å². The molecule has 1 heterocycles. The lowest BCUT2D eigenvalue weighted by molar-refractivity contribution is 0.155. The molecule has 166 valence electrons. The molecule has 29 heavy (non-hydrogen) atoms. The Morgan fingerprint density at radius 1 is 1.07 bits per heavy atom. The number of nitrogens with zero attached hydrogens (tertiary/aromatic N) is 3. The summed E-state index contributed by atoms with van der Waals surface area (Å²) in [7, 11) is 4.78. The number of rotatable bonds is 8. The Bertz CT molecular complexity index is 631. The number of piperazine rings is 1. The van der Waals surface area contributed by atoms with Gasteiger partial charge in [-0.3, -0.25) is 4.90 Å². The van der Waals surface area contributed by atoms with Crippen LogP contribution in [0.25, 0.3) is 0 Å². The molecule has 0 aromatic heterocycles. The zero-order valence-corrected chi connectivity index (χ0v) is 19.7. The minimum atomic E-state index is -2.44. The van der Waals surface area contributed by atoms with Gasteiger partial charge in [0.25, 0.3) is 6.43 Å². The van der Waals surface area contributed by atoms with Crippen molar-refractivity contribution in [2.75, 3.05) is 60.6 Å². The summed E-state index contributed by atoms with van der Waals surface area (Å²) in [5.41, 5.74) is 1.06. The number of guanidine groups is 1. The van der Waals surface area contributed by atoms with Crippen LogP contribution in [0, 0.1) is 0 Å². The number of hydrogen-bond donors (Lipinski definition) is 1. The molecule has 0 unspecified atom stereocenters. The minimum Gasteiger partial charge on any atom is -0.493 e. The van der Waals surface area contributed by atoms with Gasteiger partial charge in [0.2, 0.25) is 5.75 Å². The van der Waals surface area contributed by atoms with Gasteiger partial charge in [-0.2, -0.15) is 0 Å². The molecule has 1 aliphatic rings. The van der Waals surface area contributed by atoms with E-state index in [1.807, 2.05) is 24.0 Å². The monoisotopic (exact) mass is 528 g/mol. The van der Waals surface area contributed by atoms with Gasteiger partial charge in [-0.05, 0) is 24.6 Å². The molecule has 0 atom stereocenters. The molecular weight excluding hydrogens is 497 g/mol. The summed E-state index contributed by atoms with van der Waals surface area (Å²) in [6.45, 7) is 5.88. The van der Waals surface area contributed by atoms with Gasteiger partial charge in [-0.25, -0.2) is 13.8 Å². The van der Waals surface area contributed by atoms with Gasteiger partial charge < -0.3 is 24.4 Å². The number of halogens is 3. The van der Waals surface area contributed by atoms with Crippen molar-refractivity contribution in [3.8, 4) is 17.2 Å². The number of ether oxygens (including phenoxy) is 3. The maximum absolute atomic E-state index is 12.5. The second-order valence-electron chi connectivity index (χ2n) is 6.38. The first kappa shape index (κ1) is 25.5. The molecular formula is C19H31F2IN4O3. The van der Waals surface area contributed by atoms with Crippen molar-refractivity contribution in [2.24, 2.45) is 4.99 Å². The van der Waals surface area contributed by atoms with E-state index in [9.17, 15) is 8.78 Å². The smallest absolute Gasteiger partial charge is 0.257 e. The van der Waals surface area contributed by atoms with Crippen LogP contribution in [0.2, 0.25) is 0 Å². The van der Waals surface area contributed by atoms with Gasteiger partial charge in [-0.15, -0.1) is 24.0 Å². The maximum atomic E-state index is 12.5. The number of alkyl halides is 2. The molecule has 1 N–H and O–H groups in total. The molecule has 1 aromatic carbocycles. The summed E-state index contributed by atoms with van der Waals surface area (Å²) in [4.78, 5) is 8.35. The Morgan fingerprint density at radius 3 is 2.10 bits per heavy atom. The summed E-state index contributed by atoms with van der Waals surface area (Å²) in [6, 6.07) is 3.89. The fourth-order valence-corrected chi connectivity index (χ4v) is 3.18. The van der Waals surface area contributed by atoms with Crippen LogP contribution in [0.4, 0.5) is 8.78 Å². The molecule has 1 saturated heterocycles. The van der Waals surface area contributed by atoms with Crippen molar-refractivity contribution >= 4 is 29.9 Å². The predicted molar refractivity (Wildman–Crippen MR) is 120 cm³/mol. The van der Waals surface area contributed by atoms with Crippen molar-refractivity contribution in [1.82, 2.24) is 15.1 Å². The zero-order chi connectivity index (χ0) is 20.5. The molecule has 1 aliphatic heterocycles. The lowest BCUT2D eigenvalue weighted by atomic mass is 10.1. The first-order valence-electron chi connectivity index (χ1n) is 9.35. The van der Waals surface area contributed by atoms with Gasteiger partial charge in [0.05, 0.1) is 21.3 Å². The van der Waals surface area contributed by atoms with Crippen molar-refractivity contribution in [3.63, 3.8) is 0 Å². The van der Waals surface area contributed by atoms with E-state index in [1.165, 1.54) is 0 Å². The molecule has 0 bridgehead atoms. The number of benzene rings is 1. The Hall–Kier alpha value is -1.56. The molecule has 0 spiro atoms. The van der Waals surface area contributed by atoms with Gasteiger partial charge in [0.15, 0.2) is 17.5 Å². The van der Waals surface area contributed by atoms with E-state index in [2.05, 4.69) is 15.2 Å². The molecule has 2 rings (SSSR count). The van der Waals surface area contributed by atoms with Crippen LogP contribution < -0.4 is 19.5 Å². The van der Waals surface area contributed by atoms with Crippen molar-refractivity contribution in [3.05, 3.63) is 17.7 Å². The fourth-order valence-electron chi connectivity index (χ4n) is 3.18. The van der Waals surface area contributed by atoms with Gasteiger partial charge in [-0.1, -0.05) is 0 Å². The first-order chi connectivity index (χ1) is 13.5. The zero-order valence-electron chi connectivity index (χ0n) is 17.4. The SMILES string of the molecule is CCNC(=NCC(F)F)N1CCN(Cc2cc(OC)c(OC)c(OC)c2)CC1.I. The number of hydrogen-bond acceptors (Lipinski definition) is 5. The third-order valence-corrected chi connectivity index (χ3v) is 4.52. The Balaban J connectivity index is 0.00000420. The number of methoxy groups -OCH3 is 3. The molecule has 0 amide bonds. The Morgan fingerprint density at radius 2 is 1.66 bits per heavy atom. The quantitative estimate of drug-likeness (QED) is 0.318. The molecule has 0 radical (unpaired) electrons. The fraction of sp³-hybridized carbons (Fsp3) is 0.632. The molecule has 7 nitrogen and oxygen atoms in total. The van der Waals surface area contributed by atoms with Crippen molar-refractivity contribution in [2.45, 2.75) is 19.9 Å². The standard InChI is InChI=1S/C19H30F2N4O3.HI/c1-5-22-19(23-12-17(20)21)25-8-6-24(7-9-25)13-14-10-15(26-2)18(28-4)16(11-14)27-3;/h10-11,17H,5-9,12-13H2,1-4H3,(H,22,23);1H. The molecule has 0 saturated carbocycles. The van der Waals surface area contributed by atoms with Crippen LogP contribution in [-0.2, 0) is 6.54 Å². The minimum absolute atomic E-state index is 0. The highest BCUT2D eigenvalue weighted by Gasteiger charge is 2.21. The Kier molecular flexibility index (Phi) is 11.3. The maximum Gasteiger partial charge on any atom is 0.257 e. The second-order valence-corrected chi connectivity index (χ2v) is 6.38. The highest BCUT2D eigenvalue weighted by molar-refractivity contribution is 14.0. The van der Waals surface area contributed by atoms with Gasteiger partial charge in [0, 0.05) is 39.3 Å². The lowest BCUT2D eigenvalue weighted by Crippen LogP contribution is -2.52. The van der Waals surface area contributed by atoms with Crippen molar-refractivity contribution < 1.29 is 23.0 Å². The lowest BCUT2D eigenvalue weighted by Gasteiger charge is -2.36. The van der Waals surface area contributed by atoms with Crippen LogP contribution in [-0.4, -0.2) is 82.8 Å². The summed E-state index contributed by atoms with van der Waals surface area (Å²) < 4.78 is 41.2. The average Bonchev–Trinajstić information content (AvgIpc) is 2.70. The number of nitrogens with one attached hydrogen (secondary N) is 1. The van der Waals surface area contributed by atoms with Crippen LogP contribution in [0.3, 0.4) is 0 Å².